The molecule has 1 unspecified atom stereocenters. The van der Waals surface area contributed by atoms with Gasteiger partial charge in [-0.2, -0.15) is 0 Å². The first kappa shape index (κ1) is 14.3. The van der Waals surface area contributed by atoms with Crippen LogP contribution in [-0.4, -0.2) is 66.3 Å². The Labute approximate surface area is 111 Å². The van der Waals surface area contributed by atoms with E-state index in [1.165, 1.54) is 25.9 Å². The maximum absolute atomic E-state index is 10.6. The van der Waals surface area contributed by atoms with Crippen molar-refractivity contribution in [2.24, 2.45) is 11.7 Å². The number of aliphatic hydroxyl groups is 1. The number of nitrogens with two attached hydrogens (primary N) is 1. The van der Waals surface area contributed by atoms with E-state index in [1.807, 2.05) is 0 Å². The Morgan fingerprint density at radius 3 is 2.33 bits per heavy atom. The van der Waals surface area contributed by atoms with Gasteiger partial charge in [0.25, 0.3) is 0 Å². The van der Waals surface area contributed by atoms with Crippen LogP contribution in [0.2, 0.25) is 0 Å². The monoisotopic (exact) mass is 255 g/mol. The topological polar surface area (TPSA) is 52.7 Å². The van der Waals surface area contributed by atoms with Gasteiger partial charge in [0, 0.05) is 19.1 Å². The fourth-order valence-corrected chi connectivity index (χ4v) is 3.22. The van der Waals surface area contributed by atoms with Crippen molar-refractivity contribution in [3.63, 3.8) is 0 Å². The SMILES string of the molecule is CCN1CCC(N(C)CC(O)(CN)C2CC2)CC1. The second kappa shape index (κ2) is 5.87. The fourth-order valence-electron chi connectivity index (χ4n) is 3.22. The predicted octanol–water partition coefficient (Wildman–Crippen LogP) is 0.502. The van der Waals surface area contributed by atoms with E-state index < -0.39 is 5.60 Å². The number of rotatable bonds is 6. The molecule has 0 aromatic rings. The van der Waals surface area contributed by atoms with Gasteiger partial charge in [0.15, 0.2) is 0 Å². The molecule has 0 aromatic carbocycles. The molecule has 106 valence electrons. The molecule has 1 saturated heterocycles. The first-order valence-electron chi connectivity index (χ1n) is 7.44. The summed E-state index contributed by atoms with van der Waals surface area (Å²) in [6, 6.07) is 0.615. The van der Waals surface area contributed by atoms with Crippen molar-refractivity contribution in [3.8, 4) is 0 Å². The minimum atomic E-state index is -0.642. The Morgan fingerprint density at radius 2 is 1.89 bits per heavy atom. The number of piperidine rings is 1. The summed E-state index contributed by atoms with van der Waals surface area (Å²) in [6.45, 7) is 6.91. The third kappa shape index (κ3) is 3.23. The quantitative estimate of drug-likeness (QED) is 0.726. The number of hydrogen-bond donors (Lipinski definition) is 2. The van der Waals surface area contributed by atoms with Crippen LogP contribution in [0.3, 0.4) is 0 Å². The van der Waals surface area contributed by atoms with Crippen LogP contribution in [0.4, 0.5) is 0 Å². The highest BCUT2D eigenvalue weighted by molar-refractivity contribution is 4.98. The number of likely N-dealkylation sites (N-methyl/N-ethyl adjacent to an activating group) is 1. The Bertz CT molecular complexity index is 262. The number of hydrogen-bond acceptors (Lipinski definition) is 4. The average Bonchev–Trinajstić information content (AvgIpc) is 3.23. The minimum Gasteiger partial charge on any atom is -0.387 e. The second-order valence-corrected chi connectivity index (χ2v) is 6.16. The van der Waals surface area contributed by atoms with Gasteiger partial charge >= 0.3 is 0 Å². The standard InChI is InChI=1S/C14H29N3O/c1-3-17-8-6-13(7-9-17)16(2)11-14(18,10-15)12-4-5-12/h12-13,18H,3-11,15H2,1-2H3. The van der Waals surface area contributed by atoms with Crippen molar-refractivity contribution in [1.29, 1.82) is 0 Å². The molecule has 0 aromatic heterocycles. The lowest BCUT2D eigenvalue weighted by atomic mass is 9.95. The zero-order chi connectivity index (χ0) is 13.2. The summed E-state index contributed by atoms with van der Waals surface area (Å²) < 4.78 is 0. The molecule has 3 N–H and O–H groups in total. The van der Waals surface area contributed by atoms with E-state index in [0.29, 0.717) is 18.5 Å². The molecule has 1 saturated carbocycles. The van der Waals surface area contributed by atoms with Gasteiger partial charge in [0.2, 0.25) is 0 Å². The molecular formula is C14H29N3O. The predicted molar refractivity (Wildman–Crippen MR) is 74.5 cm³/mol. The van der Waals surface area contributed by atoms with Gasteiger partial charge in [-0.15, -0.1) is 0 Å². The normalized spacial score (nSPS) is 26.5. The number of likely N-dealkylation sites (tertiary alicyclic amines) is 1. The van der Waals surface area contributed by atoms with Crippen LogP contribution in [0.15, 0.2) is 0 Å². The van der Waals surface area contributed by atoms with Crippen molar-refractivity contribution < 1.29 is 5.11 Å². The first-order valence-corrected chi connectivity index (χ1v) is 7.44. The van der Waals surface area contributed by atoms with E-state index in [1.54, 1.807) is 0 Å². The fraction of sp³-hybridized carbons (Fsp3) is 1.00. The largest absolute Gasteiger partial charge is 0.387 e. The maximum Gasteiger partial charge on any atom is 0.0923 e. The molecule has 0 amide bonds. The lowest BCUT2D eigenvalue weighted by molar-refractivity contribution is -0.0188. The molecule has 1 atom stereocenters. The van der Waals surface area contributed by atoms with E-state index in [4.69, 9.17) is 5.73 Å². The van der Waals surface area contributed by atoms with E-state index >= 15 is 0 Å². The summed E-state index contributed by atoms with van der Waals surface area (Å²) in [7, 11) is 2.15. The summed E-state index contributed by atoms with van der Waals surface area (Å²) in [5, 5.41) is 10.6. The highest BCUT2D eigenvalue weighted by Crippen LogP contribution is 2.39. The summed E-state index contributed by atoms with van der Waals surface area (Å²) in [5.41, 5.74) is 5.14. The molecule has 2 fully saturated rings. The van der Waals surface area contributed by atoms with E-state index in [9.17, 15) is 5.11 Å². The highest BCUT2D eigenvalue weighted by atomic mass is 16.3. The zero-order valence-electron chi connectivity index (χ0n) is 11.9. The molecule has 1 aliphatic heterocycles. The molecule has 2 rings (SSSR count). The van der Waals surface area contributed by atoms with Crippen molar-refractivity contribution in [3.05, 3.63) is 0 Å². The van der Waals surface area contributed by atoms with E-state index in [2.05, 4.69) is 23.8 Å². The minimum absolute atomic E-state index is 0.399. The Balaban J connectivity index is 1.82. The highest BCUT2D eigenvalue weighted by Gasteiger charge is 2.44. The molecule has 4 heteroatoms. The molecule has 0 spiro atoms. The van der Waals surface area contributed by atoms with Gasteiger partial charge in [0.05, 0.1) is 5.60 Å². The zero-order valence-corrected chi connectivity index (χ0v) is 11.9. The first-order chi connectivity index (χ1) is 8.59. The van der Waals surface area contributed by atoms with Crippen molar-refractivity contribution in [1.82, 2.24) is 9.80 Å². The molecule has 2 aliphatic rings. The third-order valence-corrected chi connectivity index (χ3v) is 4.84. The van der Waals surface area contributed by atoms with Crippen LogP contribution >= 0.6 is 0 Å². The lowest BCUT2D eigenvalue weighted by Crippen LogP contribution is -2.53. The van der Waals surface area contributed by atoms with Crippen LogP contribution in [0.1, 0.15) is 32.6 Å². The van der Waals surface area contributed by atoms with Gasteiger partial charge in [0.1, 0.15) is 0 Å². The Morgan fingerprint density at radius 1 is 1.28 bits per heavy atom. The number of nitrogens with zero attached hydrogens (tertiary/aromatic N) is 2. The molecule has 0 bridgehead atoms. The molecule has 0 radical (unpaired) electrons. The lowest BCUT2D eigenvalue weighted by Gasteiger charge is -2.40. The van der Waals surface area contributed by atoms with E-state index in [-0.39, 0.29) is 0 Å². The van der Waals surface area contributed by atoms with Crippen molar-refractivity contribution in [2.75, 3.05) is 39.8 Å². The third-order valence-electron chi connectivity index (χ3n) is 4.84. The Hall–Kier alpha value is -0.160. The van der Waals surface area contributed by atoms with Gasteiger partial charge in [-0.1, -0.05) is 6.92 Å². The summed E-state index contributed by atoms with van der Waals surface area (Å²) in [6.07, 6.45) is 4.73. The van der Waals surface area contributed by atoms with Gasteiger partial charge in [-0.05, 0) is 58.3 Å². The molecule has 18 heavy (non-hydrogen) atoms. The van der Waals surface area contributed by atoms with Crippen LogP contribution in [0.5, 0.6) is 0 Å². The van der Waals surface area contributed by atoms with E-state index in [0.717, 1.165) is 25.9 Å². The average molecular weight is 255 g/mol. The van der Waals surface area contributed by atoms with Gasteiger partial charge in [-0.3, -0.25) is 0 Å². The van der Waals surface area contributed by atoms with Crippen LogP contribution < -0.4 is 5.73 Å². The summed E-state index contributed by atoms with van der Waals surface area (Å²) in [4.78, 5) is 4.85. The van der Waals surface area contributed by atoms with Crippen LogP contribution in [-0.2, 0) is 0 Å². The van der Waals surface area contributed by atoms with Gasteiger partial charge < -0.3 is 20.6 Å². The Kier molecular flexibility index (Phi) is 4.64. The second-order valence-electron chi connectivity index (χ2n) is 6.16. The molecule has 1 heterocycles. The van der Waals surface area contributed by atoms with Crippen molar-refractivity contribution >= 4 is 0 Å². The molecule has 1 aliphatic carbocycles. The smallest absolute Gasteiger partial charge is 0.0923 e. The van der Waals surface area contributed by atoms with Crippen molar-refractivity contribution in [2.45, 2.75) is 44.2 Å². The molecular weight excluding hydrogens is 226 g/mol. The van der Waals surface area contributed by atoms with Crippen LogP contribution in [0, 0.1) is 5.92 Å². The van der Waals surface area contributed by atoms with Gasteiger partial charge in [-0.25, -0.2) is 0 Å². The summed E-state index contributed by atoms with van der Waals surface area (Å²) in [5.74, 6) is 0.445. The van der Waals surface area contributed by atoms with Crippen LogP contribution in [0.25, 0.3) is 0 Å². The molecule has 4 nitrogen and oxygen atoms in total. The summed E-state index contributed by atoms with van der Waals surface area (Å²) >= 11 is 0. The maximum atomic E-state index is 10.6.